The standard InChI is InChI=1S/C68H44BN3/c1-4-16-45(17-5-1)47-28-33-56(34-29-47)71-64-41-51-22-12-10-20-49(51)38-60(64)69-61-39-50-21-11-13-23-52(50)42-65(61)72(57-35-30-48(31-36-57)46-18-6-2-7-19-46)67-44-54(43-66(71)68(67)69)53-32-37-59-58-26-14-15-27-62(58)70(63(59)40-53)55-24-8-3-9-25-55/h1-44H. The monoisotopic (exact) mass is 913 g/mol. The van der Waals surface area contributed by atoms with E-state index in [0.717, 1.165) is 28.2 Å². The maximum absolute atomic E-state index is 2.55. The van der Waals surface area contributed by atoms with Gasteiger partial charge in [0.15, 0.2) is 0 Å². The van der Waals surface area contributed by atoms with Gasteiger partial charge in [0, 0.05) is 50.6 Å². The Labute approximate surface area is 418 Å². The molecule has 15 rings (SSSR count). The molecule has 4 heteroatoms. The molecular weight excluding hydrogens is 870 g/mol. The van der Waals surface area contributed by atoms with Crippen LogP contribution in [-0.2, 0) is 0 Å². The van der Waals surface area contributed by atoms with Crippen molar-refractivity contribution < 1.29 is 0 Å². The molecule has 0 aliphatic carbocycles. The molecule has 13 aromatic rings. The van der Waals surface area contributed by atoms with Gasteiger partial charge in [-0.05, 0) is 144 Å². The molecule has 0 bridgehead atoms. The fourth-order valence-electron chi connectivity index (χ4n) is 12.0. The number of aromatic nitrogens is 1. The van der Waals surface area contributed by atoms with Gasteiger partial charge in [0.25, 0.3) is 6.71 Å². The van der Waals surface area contributed by atoms with Gasteiger partial charge in [0.1, 0.15) is 0 Å². The smallest absolute Gasteiger partial charge is 0.252 e. The van der Waals surface area contributed by atoms with Crippen molar-refractivity contribution in [3.63, 3.8) is 0 Å². The molecule has 3 nitrogen and oxygen atoms in total. The van der Waals surface area contributed by atoms with Crippen molar-refractivity contribution in [3.05, 3.63) is 267 Å². The molecule has 12 aromatic carbocycles. The highest BCUT2D eigenvalue weighted by atomic mass is 15.2. The summed E-state index contributed by atoms with van der Waals surface area (Å²) in [5, 5.41) is 7.39. The van der Waals surface area contributed by atoms with E-state index in [1.807, 2.05) is 0 Å². The summed E-state index contributed by atoms with van der Waals surface area (Å²) in [6.07, 6.45) is 0. The van der Waals surface area contributed by atoms with Crippen LogP contribution < -0.4 is 26.2 Å². The number of benzene rings is 12. The Hall–Kier alpha value is -9.38. The largest absolute Gasteiger partial charge is 0.311 e. The van der Waals surface area contributed by atoms with E-state index in [4.69, 9.17) is 0 Å². The summed E-state index contributed by atoms with van der Waals surface area (Å²) in [5.41, 5.74) is 21.5. The Morgan fingerprint density at radius 3 is 1.19 bits per heavy atom. The first kappa shape index (κ1) is 40.5. The van der Waals surface area contributed by atoms with Crippen LogP contribution in [0.4, 0.5) is 34.1 Å². The second-order valence-electron chi connectivity index (χ2n) is 19.3. The van der Waals surface area contributed by atoms with E-state index in [1.54, 1.807) is 0 Å². The highest BCUT2D eigenvalue weighted by molar-refractivity contribution is 7.00. The zero-order chi connectivity index (χ0) is 47.3. The third-order valence-corrected chi connectivity index (χ3v) is 15.3. The molecule has 0 spiro atoms. The molecule has 0 radical (unpaired) electrons. The maximum Gasteiger partial charge on any atom is 0.252 e. The fourth-order valence-corrected chi connectivity index (χ4v) is 12.0. The predicted octanol–water partition coefficient (Wildman–Crippen LogP) is 16.2. The SMILES string of the molecule is c1ccc(-c2ccc(N3c4cc5ccccc5cc4B4c5cc6ccccc6cc5N(c5ccc(-c6ccccc6)cc5)c5cc(-c6ccc7c8ccccc8n(-c8ccccc8)c7c6)cc3c54)cc2)cc1. The lowest BCUT2D eigenvalue weighted by Crippen LogP contribution is -2.61. The van der Waals surface area contributed by atoms with Crippen LogP contribution in [0.15, 0.2) is 267 Å². The molecule has 0 N–H and O–H groups in total. The van der Waals surface area contributed by atoms with Crippen molar-refractivity contribution in [1.82, 2.24) is 4.57 Å². The molecule has 72 heavy (non-hydrogen) atoms. The van der Waals surface area contributed by atoms with Gasteiger partial charge in [-0.15, -0.1) is 0 Å². The topological polar surface area (TPSA) is 11.4 Å². The zero-order valence-electron chi connectivity index (χ0n) is 39.3. The van der Waals surface area contributed by atoms with E-state index >= 15 is 0 Å². The molecule has 0 amide bonds. The Kier molecular flexibility index (Phi) is 9.06. The van der Waals surface area contributed by atoms with Gasteiger partial charge in [-0.25, -0.2) is 0 Å². The zero-order valence-corrected chi connectivity index (χ0v) is 39.3. The van der Waals surface area contributed by atoms with Crippen molar-refractivity contribution in [1.29, 1.82) is 0 Å². The highest BCUT2D eigenvalue weighted by Gasteiger charge is 2.44. The maximum atomic E-state index is 2.55. The molecule has 0 atom stereocenters. The normalized spacial score (nSPS) is 12.6. The minimum atomic E-state index is -0.0500. The van der Waals surface area contributed by atoms with Crippen LogP contribution in [0, 0.1) is 0 Å². The van der Waals surface area contributed by atoms with Crippen LogP contribution in [0.25, 0.3) is 82.4 Å². The van der Waals surface area contributed by atoms with Crippen LogP contribution in [0.5, 0.6) is 0 Å². The van der Waals surface area contributed by atoms with Crippen molar-refractivity contribution in [2.45, 2.75) is 0 Å². The average Bonchev–Trinajstić information content (AvgIpc) is 3.79. The van der Waals surface area contributed by atoms with Crippen LogP contribution in [0.2, 0.25) is 0 Å². The van der Waals surface area contributed by atoms with Gasteiger partial charge >= 0.3 is 0 Å². The van der Waals surface area contributed by atoms with E-state index in [9.17, 15) is 0 Å². The van der Waals surface area contributed by atoms with Gasteiger partial charge in [0.2, 0.25) is 0 Å². The highest BCUT2D eigenvalue weighted by Crippen LogP contribution is 2.48. The van der Waals surface area contributed by atoms with Crippen molar-refractivity contribution >= 4 is 101 Å². The van der Waals surface area contributed by atoms with Crippen molar-refractivity contribution in [3.8, 4) is 39.1 Å². The molecule has 0 saturated heterocycles. The van der Waals surface area contributed by atoms with Crippen LogP contribution in [-0.4, -0.2) is 11.3 Å². The minimum absolute atomic E-state index is 0.0500. The number of para-hydroxylation sites is 2. The summed E-state index contributed by atoms with van der Waals surface area (Å²) in [5.74, 6) is 0. The van der Waals surface area contributed by atoms with Gasteiger partial charge < -0.3 is 14.4 Å². The first-order valence-corrected chi connectivity index (χ1v) is 24.9. The summed E-state index contributed by atoms with van der Waals surface area (Å²) in [6.45, 7) is -0.0500. The van der Waals surface area contributed by atoms with E-state index in [-0.39, 0.29) is 6.71 Å². The number of fused-ring (bicyclic) bond motifs is 9. The van der Waals surface area contributed by atoms with Crippen molar-refractivity contribution in [2.75, 3.05) is 9.80 Å². The molecule has 0 saturated carbocycles. The molecule has 3 heterocycles. The predicted molar refractivity (Wildman–Crippen MR) is 306 cm³/mol. The molecule has 0 fully saturated rings. The number of hydrogen-bond donors (Lipinski definition) is 0. The van der Waals surface area contributed by atoms with Gasteiger partial charge in [-0.2, -0.15) is 0 Å². The average molecular weight is 914 g/mol. The molecule has 1 aromatic heterocycles. The van der Waals surface area contributed by atoms with E-state index in [2.05, 4.69) is 281 Å². The van der Waals surface area contributed by atoms with Crippen LogP contribution in [0.3, 0.4) is 0 Å². The molecule has 0 unspecified atom stereocenters. The Morgan fingerprint density at radius 2 is 0.667 bits per heavy atom. The molecule has 2 aliphatic heterocycles. The number of nitrogens with zero attached hydrogens (tertiary/aromatic N) is 3. The molecular formula is C68H44BN3. The molecule has 2 aliphatic rings. The number of anilines is 6. The summed E-state index contributed by atoms with van der Waals surface area (Å²) in [4.78, 5) is 5.11. The van der Waals surface area contributed by atoms with Crippen LogP contribution >= 0.6 is 0 Å². The van der Waals surface area contributed by atoms with E-state index < -0.39 is 0 Å². The quantitative estimate of drug-likeness (QED) is 0.154. The summed E-state index contributed by atoms with van der Waals surface area (Å²) in [6, 6.07) is 99.0. The Morgan fingerprint density at radius 1 is 0.250 bits per heavy atom. The summed E-state index contributed by atoms with van der Waals surface area (Å²) < 4.78 is 2.43. The van der Waals surface area contributed by atoms with E-state index in [0.29, 0.717) is 0 Å². The lowest BCUT2D eigenvalue weighted by molar-refractivity contribution is 1.18. The second-order valence-corrected chi connectivity index (χ2v) is 19.3. The van der Waals surface area contributed by atoms with Crippen molar-refractivity contribution in [2.24, 2.45) is 0 Å². The van der Waals surface area contributed by atoms with Gasteiger partial charge in [-0.1, -0.05) is 194 Å². The lowest BCUT2D eigenvalue weighted by atomic mass is 9.33. The Balaban J connectivity index is 1.04. The molecule has 334 valence electrons. The van der Waals surface area contributed by atoms with Crippen LogP contribution in [0.1, 0.15) is 0 Å². The van der Waals surface area contributed by atoms with Gasteiger partial charge in [-0.3, -0.25) is 0 Å². The second kappa shape index (κ2) is 16.1. The first-order valence-electron chi connectivity index (χ1n) is 24.9. The Bertz CT molecular complexity index is 4060. The number of hydrogen-bond acceptors (Lipinski definition) is 2. The fraction of sp³-hybridized carbons (Fsp3) is 0. The summed E-state index contributed by atoms with van der Waals surface area (Å²) in [7, 11) is 0. The third kappa shape index (κ3) is 6.32. The first-order chi connectivity index (χ1) is 35.7. The number of rotatable bonds is 6. The summed E-state index contributed by atoms with van der Waals surface area (Å²) >= 11 is 0. The lowest BCUT2D eigenvalue weighted by Gasteiger charge is -2.44. The minimum Gasteiger partial charge on any atom is -0.311 e. The van der Waals surface area contributed by atoms with Gasteiger partial charge in [0.05, 0.1) is 11.0 Å². The third-order valence-electron chi connectivity index (χ3n) is 15.3. The van der Waals surface area contributed by atoms with E-state index in [1.165, 1.54) is 105 Å².